The lowest BCUT2D eigenvalue weighted by Gasteiger charge is -2.00. The number of unbranched alkanes of at least 4 members (excludes halogenated alkanes) is 2. The number of hydrogen-bond donors (Lipinski definition) is 0. The van der Waals surface area contributed by atoms with Gasteiger partial charge in [-0.2, -0.15) is 0 Å². The van der Waals surface area contributed by atoms with Gasteiger partial charge in [-0.25, -0.2) is 8.42 Å². The van der Waals surface area contributed by atoms with Crippen molar-refractivity contribution < 1.29 is 26.1 Å². The third-order valence-electron chi connectivity index (χ3n) is 2.98. The van der Waals surface area contributed by atoms with Gasteiger partial charge in [0.1, 0.15) is 0 Å². The summed E-state index contributed by atoms with van der Waals surface area (Å²) in [6.45, 7) is 2.06. The fourth-order valence-corrected chi connectivity index (χ4v) is 4.16. The van der Waals surface area contributed by atoms with Gasteiger partial charge in [0.05, 0.1) is 20.6 Å². The van der Waals surface area contributed by atoms with E-state index >= 15 is 0 Å². The van der Waals surface area contributed by atoms with E-state index in [0.717, 1.165) is 24.6 Å². The number of rotatable bonds is 4. The molecule has 0 saturated carbocycles. The van der Waals surface area contributed by atoms with Crippen molar-refractivity contribution in [2.45, 2.75) is 38.1 Å². The third kappa shape index (κ3) is 6.88. The van der Waals surface area contributed by atoms with Crippen LogP contribution in [0.15, 0.2) is 30.3 Å². The second-order valence-corrected chi connectivity index (χ2v) is 8.51. The number of fused-ring (bicyclic) bond motifs is 1. The summed E-state index contributed by atoms with van der Waals surface area (Å²) in [4.78, 5) is 0.553. The first-order chi connectivity index (χ1) is 10.5. The van der Waals surface area contributed by atoms with Gasteiger partial charge in [-0.1, -0.05) is 31.9 Å². The molecule has 0 N–H and O–H groups in total. The molecule has 130 valence electrons. The van der Waals surface area contributed by atoms with Crippen molar-refractivity contribution in [2.24, 2.45) is 0 Å². The molecule has 3 nitrogen and oxygen atoms in total. The van der Waals surface area contributed by atoms with Crippen LogP contribution in [-0.2, 0) is 22.0 Å². The number of alkyl halides is 3. The van der Waals surface area contributed by atoms with E-state index in [2.05, 4.69) is 6.92 Å². The average molecular weight is 368 g/mol. The highest BCUT2D eigenvalue weighted by molar-refractivity contribution is 7.84. The Hall–Kier alpha value is -1.12. The highest BCUT2D eigenvalue weighted by Crippen LogP contribution is 2.51. The van der Waals surface area contributed by atoms with Crippen LogP contribution in [0.3, 0.4) is 0 Å². The molecule has 2 rings (SSSR count). The highest BCUT2D eigenvalue weighted by Gasteiger charge is 2.47. The molecular weight excluding hydrogens is 349 g/mol. The first kappa shape index (κ1) is 19.9. The Labute approximate surface area is 136 Å². The Morgan fingerprint density at radius 2 is 1.74 bits per heavy atom. The van der Waals surface area contributed by atoms with E-state index in [9.17, 15) is 13.2 Å². The van der Waals surface area contributed by atoms with Crippen molar-refractivity contribution in [1.82, 2.24) is 0 Å². The molecule has 0 spiro atoms. The molecule has 2 aromatic rings. The zero-order chi connectivity index (χ0) is 17.7. The van der Waals surface area contributed by atoms with Gasteiger partial charge >= 0.3 is 5.51 Å². The minimum Gasteiger partial charge on any atom is -0.748 e. The number of benzene rings is 1. The van der Waals surface area contributed by atoms with Crippen molar-refractivity contribution in [1.29, 1.82) is 0 Å². The summed E-state index contributed by atoms with van der Waals surface area (Å²) in [6, 6.07) is 8.60. The van der Waals surface area contributed by atoms with Gasteiger partial charge in [0.2, 0.25) is 0 Å². The largest absolute Gasteiger partial charge is 0.748 e. The summed E-state index contributed by atoms with van der Waals surface area (Å²) in [5, 5.41) is 0.740. The minimum atomic E-state index is -4.15. The maximum Gasteiger partial charge on any atom is 0.600 e. The van der Waals surface area contributed by atoms with Crippen molar-refractivity contribution >= 4 is 30.7 Å². The third-order valence-corrected chi connectivity index (χ3v) is 5.10. The predicted octanol–water partition coefficient (Wildman–Crippen LogP) is 4.96. The zero-order valence-corrected chi connectivity index (χ0v) is 14.5. The summed E-state index contributed by atoms with van der Waals surface area (Å²) < 4.78 is 67.2. The summed E-state index contributed by atoms with van der Waals surface area (Å²) in [7, 11) is -5.62. The second kappa shape index (κ2) is 8.12. The molecule has 23 heavy (non-hydrogen) atoms. The quantitative estimate of drug-likeness (QED) is 0.435. The monoisotopic (exact) mass is 368 g/mol. The van der Waals surface area contributed by atoms with E-state index in [1.54, 1.807) is 30.3 Å². The van der Waals surface area contributed by atoms with Crippen LogP contribution in [0.5, 0.6) is 0 Å². The lowest BCUT2D eigenvalue weighted by atomic mass is 10.1. The van der Waals surface area contributed by atoms with E-state index in [1.165, 1.54) is 0 Å². The van der Waals surface area contributed by atoms with Crippen LogP contribution >= 0.6 is 10.5 Å². The topological polar surface area (TPSA) is 57.2 Å². The SMILES string of the molecule is CCCCCc1cc2ccccc2[s+]1C(F)(F)F.CS(=O)(=O)[O-]. The standard InChI is InChI=1S/C14H16F3S.CH4O3S/c1-2-3-4-8-12-10-11-7-5-6-9-13(11)18(12)14(15,16)17;1-5(2,3)4/h5-7,9-10H,2-4,8H2,1H3;1H3,(H,2,3,4)/q+1;/p-1. The average Bonchev–Trinajstić information content (AvgIpc) is 2.75. The normalized spacial score (nSPS) is 12.9. The number of halogens is 3. The van der Waals surface area contributed by atoms with Gasteiger partial charge in [0, 0.05) is 24.1 Å². The molecule has 0 saturated heterocycles. The summed E-state index contributed by atoms with van der Waals surface area (Å²) in [5.74, 6) is 0. The Morgan fingerprint density at radius 1 is 1.17 bits per heavy atom. The molecule has 0 amide bonds. The van der Waals surface area contributed by atoms with Crippen LogP contribution in [0, 0.1) is 0 Å². The molecule has 1 heterocycles. The van der Waals surface area contributed by atoms with Crippen LogP contribution in [0.2, 0.25) is 0 Å². The first-order valence-electron chi connectivity index (χ1n) is 7.05. The van der Waals surface area contributed by atoms with Gasteiger partial charge in [-0.15, -0.1) is 13.2 Å². The van der Waals surface area contributed by atoms with Crippen molar-refractivity contribution in [3.05, 3.63) is 35.2 Å². The van der Waals surface area contributed by atoms with Gasteiger partial charge in [-0.05, 0) is 18.6 Å². The van der Waals surface area contributed by atoms with E-state index in [0.29, 0.717) is 22.3 Å². The number of thiophene rings is 1. The Balaban J connectivity index is 0.000000463. The maximum absolute atomic E-state index is 13.2. The molecule has 0 aliphatic heterocycles. The molecular formula is C15H19F3O3S2. The van der Waals surface area contributed by atoms with Crippen LogP contribution in [-0.4, -0.2) is 19.2 Å². The lowest BCUT2D eigenvalue weighted by Crippen LogP contribution is -1.98. The van der Waals surface area contributed by atoms with E-state index in [4.69, 9.17) is 13.0 Å². The summed E-state index contributed by atoms with van der Waals surface area (Å²) in [6.07, 6.45) is 4.02. The first-order valence-corrected chi connectivity index (χ1v) is 10.1. The lowest BCUT2D eigenvalue weighted by molar-refractivity contribution is -0.0867. The fraction of sp³-hybridized carbons (Fsp3) is 0.467. The summed E-state index contributed by atoms with van der Waals surface area (Å²) >= 11 is 0. The van der Waals surface area contributed by atoms with Gasteiger partial charge in [0.15, 0.2) is 9.58 Å². The molecule has 1 unspecified atom stereocenters. The molecule has 1 aromatic heterocycles. The van der Waals surface area contributed by atoms with Crippen LogP contribution < -0.4 is 0 Å². The second-order valence-electron chi connectivity index (χ2n) is 5.06. The molecule has 0 aliphatic carbocycles. The molecule has 1 aromatic carbocycles. The van der Waals surface area contributed by atoms with E-state index in [-0.39, 0.29) is 0 Å². The molecule has 0 bridgehead atoms. The molecule has 8 heteroatoms. The minimum absolute atomic E-state index is 0.441. The smallest absolute Gasteiger partial charge is 0.600 e. The number of hydrogen-bond acceptors (Lipinski definition) is 3. The van der Waals surface area contributed by atoms with E-state index in [1.807, 2.05) is 0 Å². The molecule has 0 radical (unpaired) electrons. The Bertz CT molecular complexity index is 726. The molecule has 0 fully saturated rings. The Morgan fingerprint density at radius 3 is 2.26 bits per heavy atom. The number of aryl methyl sites for hydroxylation is 1. The van der Waals surface area contributed by atoms with E-state index < -0.39 is 26.1 Å². The highest BCUT2D eigenvalue weighted by atomic mass is 32.2. The van der Waals surface area contributed by atoms with Crippen molar-refractivity contribution in [2.75, 3.05) is 6.26 Å². The zero-order valence-electron chi connectivity index (χ0n) is 12.9. The van der Waals surface area contributed by atoms with Gasteiger partial charge in [0.25, 0.3) is 0 Å². The van der Waals surface area contributed by atoms with Gasteiger partial charge in [-0.3, -0.25) is 0 Å². The molecule has 1 atom stereocenters. The van der Waals surface area contributed by atoms with Crippen LogP contribution in [0.4, 0.5) is 13.2 Å². The van der Waals surface area contributed by atoms with Crippen LogP contribution in [0.25, 0.3) is 10.1 Å². The maximum atomic E-state index is 13.2. The van der Waals surface area contributed by atoms with Crippen molar-refractivity contribution in [3.63, 3.8) is 0 Å². The molecule has 0 aliphatic rings. The fourth-order valence-electron chi connectivity index (χ4n) is 2.16. The van der Waals surface area contributed by atoms with Crippen LogP contribution in [0.1, 0.15) is 31.1 Å². The Kier molecular flexibility index (Phi) is 7.03. The van der Waals surface area contributed by atoms with Gasteiger partial charge < -0.3 is 4.55 Å². The predicted molar refractivity (Wildman–Crippen MR) is 86.6 cm³/mol. The van der Waals surface area contributed by atoms with Crippen molar-refractivity contribution in [3.8, 4) is 0 Å². The summed E-state index contributed by atoms with van der Waals surface area (Å²) in [5.41, 5.74) is -4.15.